The molecule has 0 aromatic heterocycles. The van der Waals surface area contributed by atoms with Gasteiger partial charge in [-0.05, 0) is 6.92 Å². The molecule has 108 valence electrons. The molecule has 6 heteroatoms. The van der Waals surface area contributed by atoms with Gasteiger partial charge in [-0.3, -0.25) is 4.90 Å². The Morgan fingerprint density at radius 3 is 2.89 bits per heavy atom. The second kappa shape index (κ2) is 8.79. The molecule has 1 rings (SSSR count). The molecular weight excluding hydrogens is 238 g/mol. The number of morpholine rings is 1. The van der Waals surface area contributed by atoms with E-state index in [1.807, 2.05) is 6.92 Å². The normalized spacial score (nSPS) is 27.3. The van der Waals surface area contributed by atoms with E-state index in [9.17, 15) is 5.11 Å². The van der Waals surface area contributed by atoms with Gasteiger partial charge in [-0.1, -0.05) is 0 Å². The molecule has 0 amide bonds. The predicted octanol–water partition coefficient (Wildman–Crippen LogP) is -0.908. The third-order valence-electron chi connectivity index (χ3n) is 3.03. The van der Waals surface area contributed by atoms with Crippen LogP contribution >= 0.6 is 0 Å². The molecule has 2 N–H and O–H groups in total. The van der Waals surface area contributed by atoms with E-state index < -0.39 is 6.10 Å². The molecule has 0 aliphatic carbocycles. The summed E-state index contributed by atoms with van der Waals surface area (Å²) in [5.74, 6) is 0. The average Bonchev–Trinajstić information content (AvgIpc) is 2.37. The lowest BCUT2D eigenvalue weighted by atomic mass is 10.2. The minimum absolute atomic E-state index is 0.0175. The monoisotopic (exact) mass is 263 g/mol. The molecule has 18 heavy (non-hydrogen) atoms. The van der Waals surface area contributed by atoms with E-state index >= 15 is 0 Å². The van der Waals surface area contributed by atoms with Crippen molar-refractivity contribution in [1.82, 2.24) is 4.90 Å². The second-order valence-electron chi connectivity index (χ2n) is 4.66. The predicted molar refractivity (Wildman–Crippen MR) is 66.6 cm³/mol. The standard InChI is InChI=1S/C12H25NO5/c1-10-8-18-12(7-14)6-13(10)5-11(15)9-17-4-3-16-2/h10-12,14-15H,3-9H2,1-2H3. The number of methoxy groups -OCH3 is 1. The highest BCUT2D eigenvalue weighted by Crippen LogP contribution is 2.11. The summed E-state index contributed by atoms with van der Waals surface area (Å²) in [5, 5.41) is 18.9. The van der Waals surface area contributed by atoms with Crippen LogP contribution in [0.5, 0.6) is 0 Å². The number of rotatable bonds is 8. The van der Waals surface area contributed by atoms with Gasteiger partial charge in [0.25, 0.3) is 0 Å². The van der Waals surface area contributed by atoms with Crippen molar-refractivity contribution in [2.24, 2.45) is 0 Å². The molecular formula is C12H25NO5. The molecule has 0 saturated carbocycles. The molecule has 1 fully saturated rings. The first-order valence-corrected chi connectivity index (χ1v) is 6.38. The molecule has 1 heterocycles. The van der Waals surface area contributed by atoms with Gasteiger partial charge in [0, 0.05) is 26.2 Å². The van der Waals surface area contributed by atoms with Crippen LogP contribution in [0.1, 0.15) is 6.92 Å². The number of nitrogens with zero attached hydrogens (tertiary/aromatic N) is 1. The minimum Gasteiger partial charge on any atom is -0.394 e. The zero-order valence-corrected chi connectivity index (χ0v) is 11.2. The van der Waals surface area contributed by atoms with Crippen LogP contribution in [-0.2, 0) is 14.2 Å². The summed E-state index contributed by atoms with van der Waals surface area (Å²) in [6.45, 7) is 5.16. The van der Waals surface area contributed by atoms with Crippen LogP contribution < -0.4 is 0 Å². The van der Waals surface area contributed by atoms with Gasteiger partial charge in [-0.25, -0.2) is 0 Å². The minimum atomic E-state index is -0.526. The van der Waals surface area contributed by atoms with Crippen LogP contribution in [0, 0.1) is 0 Å². The van der Waals surface area contributed by atoms with Crippen molar-refractivity contribution < 1.29 is 24.4 Å². The highest BCUT2D eigenvalue weighted by molar-refractivity contribution is 4.78. The summed E-state index contributed by atoms with van der Waals surface area (Å²) in [7, 11) is 1.62. The number of hydrogen-bond acceptors (Lipinski definition) is 6. The largest absolute Gasteiger partial charge is 0.394 e. The van der Waals surface area contributed by atoms with Gasteiger partial charge in [0.15, 0.2) is 0 Å². The van der Waals surface area contributed by atoms with Gasteiger partial charge in [0.1, 0.15) is 0 Å². The highest BCUT2D eigenvalue weighted by atomic mass is 16.5. The van der Waals surface area contributed by atoms with Crippen LogP contribution in [0.25, 0.3) is 0 Å². The number of aliphatic hydroxyl groups excluding tert-OH is 2. The summed E-state index contributed by atoms with van der Waals surface area (Å²) < 4.78 is 15.6. The Kier molecular flexibility index (Phi) is 7.73. The number of aliphatic hydroxyl groups is 2. The van der Waals surface area contributed by atoms with Crippen LogP contribution in [-0.4, -0.2) is 86.6 Å². The van der Waals surface area contributed by atoms with E-state index in [0.29, 0.717) is 39.5 Å². The van der Waals surface area contributed by atoms with E-state index in [1.54, 1.807) is 7.11 Å². The van der Waals surface area contributed by atoms with Gasteiger partial charge < -0.3 is 24.4 Å². The molecule has 3 atom stereocenters. The van der Waals surface area contributed by atoms with Crippen molar-refractivity contribution in [1.29, 1.82) is 0 Å². The molecule has 0 aromatic carbocycles. The van der Waals surface area contributed by atoms with Crippen molar-refractivity contribution in [3.05, 3.63) is 0 Å². The van der Waals surface area contributed by atoms with Crippen molar-refractivity contribution in [3.8, 4) is 0 Å². The van der Waals surface area contributed by atoms with E-state index in [2.05, 4.69) is 4.90 Å². The number of β-amino-alcohol motifs (C(OH)–C–C–N with tert-alkyl or cyclic N) is 1. The van der Waals surface area contributed by atoms with E-state index in [4.69, 9.17) is 19.3 Å². The van der Waals surface area contributed by atoms with E-state index in [1.165, 1.54) is 0 Å². The lowest BCUT2D eigenvalue weighted by Gasteiger charge is -2.38. The Labute approximate surface area is 108 Å². The molecule has 6 nitrogen and oxygen atoms in total. The van der Waals surface area contributed by atoms with E-state index in [-0.39, 0.29) is 18.8 Å². The molecule has 3 unspecified atom stereocenters. The molecule has 0 spiro atoms. The van der Waals surface area contributed by atoms with Crippen LogP contribution in [0.3, 0.4) is 0 Å². The Morgan fingerprint density at radius 2 is 2.22 bits per heavy atom. The summed E-state index contributed by atoms with van der Waals surface area (Å²) >= 11 is 0. The van der Waals surface area contributed by atoms with Crippen molar-refractivity contribution in [3.63, 3.8) is 0 Å². The van der Waals surface area contributed by atoms with Crippen molar-refractivity contribution in [2.75, 3.05) is 53.2 Å². The molecule has 1 saturated heterocycles. The fraction of sp³-hybridized carbons (Fsp3) is 1.00. The van der Waals surface area contributed by atoms with Crippen molar-refractivity contribution >= 4 is 0 Å². The SMILES string of the molecule is COCCOCC(O)CN1CC(CO)OCC1C. The second-order valence-corrected chi connectivity index (χ2v) is 4.66. The summed E-state index contributed by atoms with van der Waals surface area (Å²) in [6, 6.07) is 0.251. The first kappa shape index (κ1) is 15.8. The van der Waals surface area contributed by atoms with Gasteiger partial charge in [0.05, 0.1) is 45.2 Å². The molecule has 0 aromatic rings. The summed E-state index contributed by atoms with van der Waals surface area (Å²) in [4.78, 5) is 2.12. The zero-order chi connectivity index (χ0) is 13.4. The maximum atomic E-state index is 9.87. The first-order valence-electron chi connectivity index (χ1n) is 6.38. The first-order chi connectivity index (χ1) is 8.67. The lowest BCUT2D eigenvalue weighted by Crippen LogP contribution is -2.52. The fourth-order valence-corrected chi connectivity index (χ4v) is 1.92. The molecule has 1 aliphatic heterocycles. The number of ether oxygens (including phenoxy) is 3. The third-order valence-corrected chi connectivity index (χ3v) is 3.03. The fourth-order valence-electron chi connectivity index (χ4n) is 1.92. The smallest absolute Gasteiger partial charge is 0.0933 e. The Bertz CT molecular complexity index is 217. The van der Waals surface area contributed by atoms with Gasteiger partial charge in [-0.15, -0.1) is 0 Å². The average molecular weight is 263 g/mol. The maximum absolute atomic E-state index is 9.87. The Morgan fingerprint density at radius 1 is 1.44 bits per heavy atom. The summed E-state index contributed by atoms with van der Waals surface area (Å²) in [6.07, 6.45) is -0.676. The van der Waals surface area contributed by atoms with E-state index in [0.717, 1.165) is 0 Å². The highest BCUT2D eigenvalue weighted by Gasteiger charge is 2.26. The van der Waals surface area contributed by atoms with Gasteiger partial charge in [0.2, 0.25) is 0 Å². The maximum Gasteiger partial charge on any atom is 0.0933 e. The third kappa shape index (κ3) is 5.60. The lowest BCUT2D eigenvalue weighted by molar-refractivity contribution is -0.0926. The van der Waals surface area contributed by atoms with Crippen molar-refractivity contribution in [2.45, 2.75) is 25.2 Å². The topological polar surface area (TPSA) is 71.4 Å². The Balaban J connectivity index is 2.22. The molecule has 0 radical (unpaired) electrons. The zero-order valence-electron chi connectivity index (χ0n) is 11.2. The van der Waals surface area contributed by atoms with Crippen LogP contribution in [0.4, 0.5) is 0 Å². The van der Waals surface area contributed by atoms with Crippen LogP contribution in [0.2, 0.25) is 0 Å². The summed E-state index contributed by atoms with van der Waals surface area (Å²) in [5.41, 5.74) is 0. The molecule has 1 aliphatic rings. The number of hydrogen-bond donors (Lipinski definition) is 2. The molecule has 0 bridgehead atoms. The van der Waals surface area contributed by atoms with Gasteiger partial charge >= 0.3 is 0 Å². The van der Waals surface area contributed by atoms with Crippen LogP contribution in [0.15, 0.2) is 0 Å². The quantitative estimate of drug-likeness (QED) is 0.553. The van der Waals surface area contributed by atoms with Gasteiger partial charge in [-0.2, -0.15) is 0 Å². The Hall–Kier alpha value is -0.240.